The first-order chi connectivity index (χ1) is 6.11. The second-order valence-electron chi connectivity index (χ2n) is 2.46. The van der Waals surface area contributed by atoms with E-state index in [1.165, 1.54) is 6.08 Å². The molecule has 0 atom stereocenters. The molecule has 0 spiro atoms. The summed E-state index contributed by atoms with van der Waals surface area (Å²) in [5.41, 5.74) is 1.65. The van der Waals surface area contributed by atoms with Crippen LogP contribution in [0.4, 0.5) is 0 Å². The summed E-state index contributed by atoms with van der Waals surface area (Å²) in [6.07, 6.45) is 5.55. The van der Waals surface area contributed by atoms with Crippen molar-refractivity contribution in [3.8, 4) is 0 Å². The largest absolute Gasteiger partial charge is 0.264 e. The van der Waals surface area contributed by atoms with Crippen LogP contribution in [0.2, 0.25) is 0 Å². The molecule has 0 fully saturated rings. The Morgan fingerprint density at radius 3 is 2.92 bits per heavy atom. The molecule has 0 saturated heterocycles. The van der Waals surface area contributed by atoms with Crippen LogP contribution in [0.15, 0.2) is 23.1 Å². The molecular formula is C8H7BrN2O2. The van der Waals surface area contributed by atoms with Crippen LogP contribution in [0.1, 0.15) is 11.1 Å². The topological polar surface area (TPSA) is 56.0 Å². The van der Waals surface area contributed by atoms with Crippen LogP contribution in [-0.4, -0.2) is 9.91 Å². The van der Waals surface area contributed by atoms with E-state index < -0.39 is 4.92 Å². The third kappa shape index (κ3) is 2.62. The molecule has 0 aliphatic carbocycles. The summed E-state index contributed by atoms with van der Waals surface area (Å²) < 4.78 is 0.834. The summed E-state index contributed by atoms with van der Waals surface area (Å²) in [7, 11) is 0. The molecule has 5 heteroatoms. The molecule has 0 aliphatic heterocycles. The van der Waals surface area contributed by atoms with Crippen LogP contribution in [0.5, 0.6) is 0 Å². The van der Waals surface area contributed by atoms with Gasteiger partial charge in [0.25, 0.3) is 0 Å². The predicted molar refractivity (Wildman–Crippen MR) is 52.7 cm³/mol. The van der Waals surface area contributed by atoms with E-state index in [1.54, 1.807) is 12.4 Å². The monoisotopic (exact) mass is 242 g/mol. The molecule has 1 heterocycles. The maximum absolute atomic E-state index is 10.1. The Hall–Kier alpha value is -1.23. The lowest BCUT2D eigenvalue weighted by Crippen LogP contribution is -1.86. The molecule has 0 amide bonds. The number of nitro groups is 1. The first-order valence-electron chi connectivity index (χ1n) is 3.53. The van der Waals surface area contributed by atoms with Crippen molar-refractivity contribution in [1.29, 1.82) is 0 Å². The zero-order chi connectivity index (χ0) is 9.84. The van der Waals surface area contributed by atoms with Crippen molar-refractivity contribution >= 4 is 22.0 Å². The fourth-order valence-corrected chi connectivity index (χ4v) is 1.16. The zero-order valence-corrected chi connectivity index (χ0v) is 8.48. The molecule has 4 nitrogen and oxygen atoms in total. The van der Waals surface area contributed by atoms with E-state index >= 15 is 0 Å². The van der Waals surface area contributed by atoms with Crippen LogP contribution in [-0.2, 0) is 0 Å². The molecule has 0 saturated carbocycles. The van der Waals surface area contributed by atoms with E-state index in [0.29, 0.717) is 5.56 Å². The van der Waals surface area contributed by atoms with Crippen LogP contribution in [0.3, 0.4) is 0 Å². The number of pyridine rings is 1. The van der Waals surface area contributed by atoms with Crippen molar-refractivity contribution in [2.75, 3.05) is 0 Å². The summed E-state index contributed by atoms with van der Waals surface area (Å²) >= 11 is 3.32. The van der Waals surface area contributed by atoms with Gasteiger partial charge in [-0.1, -0.05) is 0 Å². The molecule has 13 heavy (non-hydrogen) atoms. The van der Waals surface area contributed by atoms with Crippen molar-refractivity contribution in [1.82, 2.24) is 4.98 Å². The van der Waals surface area contributed by atoms with Gasteiger partial charge in [-0.2, -0.15) is 0 Å². The van der Waals surface area contributed by atoms with Gasteiger partial charge in [0.15, 0.2) is 0 Å². The molecule has 0 N–H and O–H groups in total. The Bertz CT molecular complexity index is 363. The third-order valence-corrected chi connectivity index (χ3v) is 2.54. The summed E-state index contributed by atoms with van der Waals surface area (Å²) in [5, 5.41) is 10.1. The highest BCUT2D eigenvalue weighted by Crippen LogP contribution is 2.20. The second-order valence-corrected chi connectivity index (χ2v) is 3.25. The fraction of sp³-hybridized carbons (Fsp3) is 0.125. The summed E-state index contributed by atoms with van der Waals surface area (Å²) in [5.74, 6) is 0. The molecule has 0 unspecified atom stereocenters. The molecule has 0 aromatic carbocycles. The van der Waals surface area contributed by atoms with Gasteiger partial charge in [0, 0.05) is 28.5 Å². The van der Waals surface area contributed by atoms with E-state index in [-0.39, 0.29) is 0 Å². The molecule has 1 aromatic heterocycles. The normalized spacial score (nSPS) is 10.6. The van der Waals surface area contributed by atoms with Crippen molar-refractivity contribution in [3.63, 3.8) is 0 Å². The van der Waals surface area contributed by atoms with E-state index in [0.717, 1.165) is 16.2 Å². The van der Waals surface area contributed by atoms with Crippen molar-refractivity contribution in [2.24, 2.45) is 0 Å². The Balaban J connectivity index is 3.02. The number of nitrogens with zero attached hydrogens (tertiary/aromatic N) is 2. The Morgan fingerprint density at radius 1 is 1.62 bits per heavy atom. The maximum atomic E-state index is 10.1. The first kappa shape index (κ1) is 9.85. The van der Waals surface area contributed by atoms with Gasteiger partial charge >= 0.3 is 0 Å². The first-order valence-corrected chi connectivity index (χ1v) is 4.32. The van der Waals surface area contributed by atoms with Gasteiger partial charge in [-0.25, -0.2) is 0 Å². The molecule has 0 radical (unpaired) electrons. The van der Waals surface area contributed by atoms with Gasteiger partial charge in [-0.15, -0.1) is 0 Å². The minimum Gasteiger partial charge on any atom is -0.264 e. The van der Waals surface area contributed by atoms with Gasteiger partial charge in [0.2, 0.25) is 6.20 Å². The van der Waals surface area contributed by atoms with Crippen LogP contribution < -0.4 is 0 Å². The molecule has 0 aliphatic rings. The molecular weight excluding hydrogens is 236 g/mol. The van der Waals surface area contributed by atoms with E-state index in [1.807, 2.05) is 6.92 Å². The lowest BCUT2D eigenvalue weighted by Gasteiger charge is -1.99. The molecule has 68 valence electrons. The lowest BCUT2D eigenvalue weighted by atomic mass is 10.2. The number of aromatic nitrogens is 1. The molecule has 1 rings (SSSR count). The SMILES string of the molecule is Cc1cncc(/C=C/[N+](=O)[O-])c1Br. The number of aryl methyl sites for hydroxylation is 1. The van der Waals surface area contributed by atoms with Gasteiger partial charge in [0.1, 0.15) is 0 Å². The van der Waals surface area contributed by atoms with Crippen molar-refractivity contribution in [2.45, 2.75) is 6.92 Å². The predicted octanol–water partition coefficient (Wildman–Crippen LogP) is 2.40. The number of hydrogen-bond donors (Lipinski definition) is 0. The summed E-state index contributed by atoms with van der Waals surface area (Å²) in [6, 6.07) is 0. The van der Waals surface area contributed by atoms with E-state index in [4.69, 9.17) is 0 Å². The smallest absolute Gasteiger partial charge is 0.235 e. The second kappa shape index (κ2) is 4.13. The summed E-state index contributed by atoms with van der Waals surface area (Å²) in [4.78, 5) is 13.5. The van der Waals surface area contributed by atoms with Crippen LogP contribution >= 0.6 is 15.9 Å². The van der Waals surface area contributed by atoms with Crippen molar-refractivity contribution in [3.05, 3.63) is 44.3 Å². The Morgan fingerprint density at radius 2 is 2.31 bits per heavy atom. The number of hydrogen-bond acceptors (Lipinski definition) is 3. The Labute approximate surface area is 83.6 Å². The molecule has 1 aromatic rings. The van der Waals surface area contributed by atoms with Gasteiger partial charge in [0.05, 0.1) is 4.92 Å². The zero-order valence-electron chi connectivity index (χ0n) is 6.90. The standard InChI is InChI=1S/C8H7BrN2O2/c1-6-4-10-5-7(8(6)9)2-3-11(12)13/h2-5H,1H3/b3-2+. The van der Waals surface area contributed by atoms with E-state index in [9.17, 15) is 10.1 Å². The average Bonchev–Trinajstić information content (AvgIpc) is 2.07. The summed E-state index contributed by atoms with van der Waals surface area (Å²) in [6.45, 7) is 1.88. The van der Waals surface area contributed by atoms with Gasteiger partial charge < -0.3 is 0 Å². The maximum Gasteiger partial charge on any atom is 0.235 e. The highest BCUT2D eigenvalue weighted by molar-refractivity contribution is 9.10. The minimum atomic E-state index is -0.505. The lowest BCUT2D eigenvalue weighted by molar-refractivity contribution is -0.400. The van der Waals surface area contributed by atoms with Gasteiger partial charge in [-0.3, -0.25) is 15.1 Å². The highest BCUT2D eigenvalue weighted by atomic mass is 79.9. The van der Waals surface area contributed by atoms with Crippen LogP contribution in [0, 0.1) is 17.0 Å². The number of halogens is 1. The highest BCUT2D eigenvalue weighted by Gasteiger charge is 2.00. The Kier molecular flexibility index (Phi) is 3.13. The van der Waals surface area contributed by atoms with Crippen molar-refractivity contribution < 1.29 is 4.92 Å². The number of rotatable bonds is 2. The average molecular weight is 243 g/mol. The minimum absolute atomic E-state index is 0.505. The quantitative estimate of drug-likeness (QED) is 0.591. The van der Waals surface area contributed by atoms with Gasteiger partial charge in [-0.05, 0) is 28.4 Å². The fourth-order valence-electron chi connectivity index (χ4n) is 0.828. The van der Waals surface area contributed by atoms with E-state index in [2.05, 4.69) is 20.9 Å². The molecule has 0 bridgehead atoms. The van der Waals surface area contributed by atoms with Crippen LogP contribution in [0.25, 0.3) is 6.08 Å². The third-order valence-electron chi connectivity index (χ3n) is 1.46.